The molecule has 6 heteroatoms. The van der Waals surface area contributed by atoms with Crippen molar-refractivity contribution >= 4 is 40.5 Å². The Hall–Kier alpha value is -3.18. The van der Waals surface area contributed by atoms with Crippen LogP contribution in [-0.4, -0.2) is 27.6 Å². The van der Waals surface area contributed by atoms with E-state index in [0.29, 0.717) is 11.6 Å². The van der Waals surface area contributed by atoms with Crippen molar-refractivity contribution < 1.29 is 9.59 Å². The quantitative estimate of drug-likeness (QED) is 0.328. The van der Waals surface area contributed by atoms with Crippen molar-refractivity contribution in [2.24, 2.45) is 28.8 Å². The Kier molecular flexibility index (Phi) is 4.54. The van der Waals surface area contributed by atoms with Crippen molar-refractivity contribution in [2.75, 3.05) is 0 Å². The Morgan fingerprint density at radius 3 is 2.25 bits per heavy atom. The van der Waals surface area contributed by atoms with E-state index in [1.165, 1.54) is 0 Å². The molecule has 1 aromatic heterocycles. The van der Waals surface area contributed by atoms with Crippen LogP contribution < -0.4 is 0 Å². The molecular formula is C26H22ClN3O2. The maximum absolute atomic E-state index is 13.0. The molecule has 5 nitrogen and oxygen atoms in total. The van der Waals surface area contributed by atoms with Crippen LogP contribution in [0, 0.1) is 23.7 Å². The van der Waals surface area contributed by atoms with Crippen LogP contribution in [-0.2, 0) is 16.1 Å². The lowest BCUT2D eigenvalue weighted by molar-refractivity contribution is -0.140. The van der Waals surface area contributed by atoms with Gasteiger partial charge in [0, 0.05) is 34.2 Å². The van der Waals surface area contributed by atoms with Gasteiger partial charge in [0.05, 0.1) is 18.1 Å². The zero-order valence-corrected chi connectivity index (χ0v) is 18.2. The van der Waals surface area contributed by atoms with Crippen molar-refractivity contribution in [1.29, 1.82) is 0 Å². The van der Waals surface area contributed by atoms with E-state index in [-0.39, 0.29) is 35.5 Å². The Morgan fingerprint density at radius 1 is 0.938 bits per heavy atom. The number of hydrogen-bond acceptors (Lipinski definition) is 3. The third-order valence-electron chi connectivity index (χ3n) is 7.13. The molecule has 0 radical (unpaired) electrons. The molecule has 2 aromatic carbocycles. The number of hydrogen-bond donors (Lipinski definition) is 0. The predicted octanol–water partition coefficient (Wildman–Crippen LogP) is 4.87. The number of para-hydroxylation sites is 1. The van der Waals surface area contributed by atoms with Crippen LogP contribution in [0.15, 0.2) is 72.0 Å². The molecule has 3 aromatic rings. The summed E-state index contributed by atoms with van der Waals surface area (Å²) in [5.41, 5.74) is 3.08. The van der Waals surface area contributed by atoms with Crippen LogP contribution >= 0.6 is 11.6 Å². The third-order valence-corrected chi connectivity index (χ3v) is 7.39. The summed E-state index contributed by atoms with van der Waals surface area (Å²) in [5.74, 6) is -0.449. The summed E-state index contributed by atoms with van der Waals surface area (Å²) in [7, 11) is 0. The zero-order valence-electron chi connectivity index (χ0n) is 17.4. The molecule has 0 N–H and O–H groups in total. The zero-order chi connectivity index (χ0) is 21.8. The molecular weight excluding hydrogens is 422 g/mol. The molecule has 1 saturated carbocycles. The van der Waals surface area contributed by atoms with E-state index in [0.717, 1.165) is 39.9 Å². The molecule has 1 aliphatic heterocycles. The van der Waals surface area contributed by atoms with Gasteiger partial charge in [-0.15, -0.1) is 0 Å². The Bertz CT molecular complexity index is 1260. The first-order valence-corrected chi connectivity index (χ1v) is 11.4. The topological polar surface area (TPSA) is 54.7 Å². The highest BCUT2D eigenvalue weighted by Gasteiger charge is 2.56. The summed E-state index contributed by atoms with van der Waals surface area (Å²) in [6.45, 7) is 0.687. The van der Waals surface area contributed by atoms with E-state index in [1.54, 1.807) is 6.21 Å². The van der Waals surface area contributed by atoms with Gasteiger partial charge in [0.25, 0.3) is 11.8 Å². The van der Waals surface area contributed by atoms with Crippen LogP contribution in [0.5, 0.6) is 0 Å². The van der Waals surface area contributed by atoms with Crippen molar-refractivity contribution in [3.8, 4) is 0 Å². The summed E-state index contributed by atoms with van der Waals surface area (Å²) in [4.78, 5) is 26.1. The standard InChI is InChI=1S/C26H22ClN3O2/c27-20-11-5-16(6-12-20)14-29-15-19(21-3-1-2-4-22(21)29)13-28-30-25(31)23-17-7-8-18(10-9-17)24(23)26(30)32/h1-8,11-13,15,17-18,23-24H,9-10,14H2/b28-13+. The molecule has 7 rings (SSSR count). The summed E-state index contributed by atoms with van der Waals surface area (Å²) < 4.78 is 2.15. The van der Waals surface area contributed by atoms with Crippen LogP contribution in [0.2, 0.25) is 5.02 Å². The number of nitrogens with zero attached hydrogens (tertiary/aromatic N) is 3. The van der Waals surface area contributed by atoms with Crippen molar-refractivity contribution in [3.63, 3.8) is 0 Å². The highest BCUT2D eigenvalue weighted by molar-refractivity contribution is 6.30. The molecule has 2 bridgehead atoms. The smallest absolute Gasteiger partial charge is 0.254 e. The number of amides is 2. The maximum Gasteiger partial charge on any atom is 0.254 e. The fourth-order valence-corrected chi connectivity index (χ4v) is 5.71. The number of benzene rings is 2. The summed E-state index contributed by atoms with van der Waals surface area (Å²) in [6.07, 6.45) is 9.89. The summed E-state index contributed by atoms with van der Waals surface area (Å²) in [6, 6.07) is 15.9. The molecule has 160 valence electrons. The minimum atomic E-state index is -0.241. The lowest BCUT2D eigenvalue weighted by Gasteiger charge is -2.37. The Morgan fingerprint density at radius 2 is 1.59 bits per heavy atom. The van der Waals surface area contributed by atoms with Crippen molar-refractivity contribution in [2.45, 2.75) is 19.4 Å². The monoisotopic (exact) mass is 443 g/mol. The van der Waals surface area contributed by atoms with Gasteiger partial charge in [-0.05, 0) is 48.4 Å². The lowest BCUT2D eigenvalue weighted by Crippen LogP contribution is -2.38. The molecule has 2 fully saturated rings. The molecule has 0 spiro atoms. The SMILES string of the molecule is O=C1C2C3C=CC(CC3)C2C(=O)N1/N=C/c1cn(Cc2ccc(Cl)cc2)c2ccccc12. The average Bonchev–Trinajstić information content (AvgIpc) is 3.31. The van der Waals surface area contributed by atoms with Gasteiger partial charge < -0.3 is 4.57 Å². The van der Waals surface area contributed by atoms with Gasteiger partial charge in [-0.25, -0.2) is 0 Å². The highest BCUT2D eigenvalue weighted by atomic mass is 35.5. The van der Waals surface area contributed by atoms with Crippen molar-refractivity contribution in [1.82, 2.24) is 9.58 Å². The van der Waals surface area contributed by atoms with Gasteiger partial charge in [-0.2, -0.15) is 10.1 Å². The second-order valence-corrected chi connectivity index (χ2v) is 9.37. The van der Waals surface area contributed by atoms with Crippen molar-refractivity contribution in [3.05, 3.63) is 83.0 Å². The van der Waals surface area contributed by atoms with E-state index >= 15 is 0 Å². The first-order chi connectivity index (χ1) is 15.6. The van der Waals surface area contributed by atoms with E-state index in [9.17, 15) is 9.59 Å². The van der Waals surface area contributed by atoms with E-state index < -0.39 is 0 Å². The molecule has 32 heavy (non-hydrogen) atoms. The van der Waals surface area contributed by atoms with Gasteiger partial charge in [0.2, 0.25) is 0 Å². The highest BCUT2D eigenvalue weighted by Crippen LogP contribution is 2.49. The average molecular weight is 444 g/mol. The molecule has 4 aliphatic rings. The minimum Gasteiger partial charge on any atom is -0.342 e. The number of allylic oxidation sites excluding steroid dienone is 2. The molecule has 3 aliphatic carbocycles. The Labute approximate surface area is 191 Å². The normalized spacial score (nSPS) is 26.6. The van der Waals surface area contributed by atoms with Gasteiger partial charge in [0.15, 0.2) is 0 Å². The number of halogens is 1. The molecule has 2 amide bonds. The second-order valence-electron chi connectivity index (χ2n) is 8.93. The molecule has 4 atom stereocenters. The summed E-state index contributed by atoms with van der Waals surface area (Å²) in [5, 5.41) is 7.28. The molecule has 1 saturated heterocycles. The third kappa shape index (κ3) is 3.03. The first kappa shape index (κ1) is 19.5. The summed E-state index contributed by atoms with van der Waals surface area (Å²) >= 11 is 6.02. The van der Waals surface area contributed by atoms with Crippen LogP contribution in [0.1, 0.15) is 24.0 Å². The van der Waals surface area contributed by atoms with Gasteiger partial charge in [0.1, 0.15) is 0 Å². The van der Waals surface area contributed by atoms with E-state index in [4.69, 9.17) is 11.6 Å². The number of aromatic nitrogens is 1. The number of fused-ring (bicyclic) bond motifs is 2. The number of rotatable bonds is 4. The largest absolute Gasteiger partial charge is 0.342 e. The predicted molar refractivity (Wildman–Crippen MR) is 124 cm³/mol. The molecule has 4 unspecified atom stereocenters. The molecule has 2 heterocycles. The van der Waals surface area contributed by atoms with Crippen LogP contribution in [0.4, 0.5) is 0 Å². The van der Waals surface area contributed by atoms with Gasteiger partial charge >= 0.3 is 0 Å². The van der Waals surface area contributed by atoms with E-state index in [1.807, 2.05) is 48.7 Å². The number of hydrazone groups is 1. The lowest BCUT2D eigenvalue weighted by atomic mass is 9.63. The van der Waals surface area contributed by atoms with Gasteiger partial charge in [-0.1, -0.05) is 54.1 Å². The fraction of sp³-hybridized carbons (Fsp3) is 0.269. The maximum atomic E-state index is 13.0. The van der Waals surface area contributed by atoms with E-state index in [2.05, 4.69) is 27.9 Å². The minimum absolute atomic E-state index is 0.153. The second kappa shape index (κ2) is 7.45. The number of imide groups is 1. The van der Waals surface area contributed by atoms with Crippen LogP contribution in [0.3, 0.4) is 0 Å². The first-order valence-electron chi connectivity index (χ1n) is 11.0. The Balaban J connectivity index is 1.32. The number of carbonyl (C=O) groups is 2. The van der Waals surface area contributed by atoms with Gasteiger partial charge in [-0.3, -0.25) is 9.59 Å². The van der Waals surface area contributed by atoms with Crippen LogP contribution in [0.25, 0.3) is 10.9 Å². The fourth-order valence-electron chi connectivity index (χ4n) is 5.59. The number of carbonyl (C=O) groups excluding carboxylic acids is 2.